The highest BCUT2D eigenvalue weighted by Crippen LogP contribution is 2.21. The highest BCUT2D eigenvalue weighted by molar-refractivity contribution is 7.86. The van der Waals surface area contributed by atoms with Gasteiger partial charge in [-0.3, -0.25) is 4.18 Å². The highest BCUT2D eigenvalue weighted by atomic mass is 32.2. The average Bonchev–Trinajstić information content (AvgIpc) is 2.61. The number of nitriles is 1. The van der Waals surface area contributed by atoms with Crippen molar-refractivity contribution in [2.45, 2.75) is 24.8 Å². The molecule has 0 saturated carbocycles. The van der Waals surface area contributed by atoms with Gasteiger partial charge in [0.25, 0.3) is 10.1 Å². The zero-order valence-corrected chi connectivity index (χ0v) is 14.5. The Morgan fingerprint density at radius 3 is 2.72 bits per heavy atom. The van der Waals surface area contributed by atoms with E-state index in [0.717, 1.165) is 6.29 Å². The van der Waals surface area contributed by atoms with Crippen LogP contribution in [0.4, 0.5) is 0 Å². The maximum atomic E-state index is 12.4. The largest absolute Gasteiger partial charge is 0.493 e. The van der Waals surface area contributed by atoms with E-state index in [1.807, 2.05) is 6.07 Å². The Kier molecular flexibility index (Phi) is 6.28. The van der Waals surface area contributed by atoms with Gasteiger partial charge in [-0.15, -0.1) is 0 Å². The maximum absolute atomic E-state index is 12.4. The summed E-state index contributed by atoms with van der Waals surface area (Å²) in [6.07, 6.45) is 1.04. The van der Waals surface area contributed by atoms with Crippen LogP contribution in [0, 0.1) is 18.3 Å². The first-order valence-electron chi connectivity index (χ1n) is 7.52. The second-order valence-electron chi connectivity index (χ2n) is 5.28. The maximum Gasteiger partial charge on any atom is 0.298 e. The van der Waals surface area contributed by atoms with Crippen LogP contribution >= 0.6 is 0 Å². The van der Waals surface area contributed by atoms with E-state index in [1.165, 1.54) is 12.1 Å². The van der Waals surface area contributed by atoms with Gasteiger partial charge >= 0.3 is 0 Å². The molecule has 0 unspecified atom stereocenters. The van der Waals surface area contributed by atoms with E-state index in [2.05, 4.69) is 0 Å². The second-order valence-corrected chi connectivity index (χ2v) is 6.86. The van der Waals surface area contributed by atoms with Gasteiger partial charge in [-0.1, -0.05) is 18.2 Å². The number of aldehydes is 1. The molecule has 0 aliphatic heterocycles. The predicted octanol–water partition coefficient (Wildman–Crippen LogP) is 2.74. The molecule has 6 nitrogen and oxygen atoms in total. The number of nitrogens with zero attached hydrogens (tertiary/aromatic N) is 1. The molecule has 0 spiro atoms. The first-order chi connectivity index (χ1) is 12.0. The Balaban J connectivity index is 2.13. The van der Waals surface area contributed by atoms with E-state index < -0.39 is 10.1 Å². The van der Waals surface area contributed by atoms with Crippen molar-refractivity contribution < 1.29 is 22.1 Å². The second kappa shape index (κ2) is 8.42. The summed E-state index contributed by atoms with van der Waals surface area (Å²) in [6, 6.07) is 13.1. The molecule has 0 saturated heterocycles. The molecule has 7 heteroatoms. The molecular weight excluding hydrogens is 342 g/mol. The number of carbonyl (C=O) groups excluding carboxylic acids is 1. The van der Waals surface area contributed by atoms with Crippen LogP contribution in [0.25, 0.3) is 0 Å². The first-order valence-corrected chi connectivity index (χ1v) is 8.92. The van der Waals surface area contributed by atoms with Crippen molar-refractivity contribution in [3.05, 3.63) is 59.2 Å². The van der Waals surface area contributed by atoms with E-state index in [9.17, 15) is 13.2 Å². The molecule has 0 fully saturated rings. The number of carbonyl (C=O) groups is 1. The summed E-state index contributed by atoms with van der Waals surface area (Å²) < 4.78 is 35.2. The van der Waals surface area contributed by atoms with Gasteiger partial charge in [0.05, 0.1) is 18.8 Å². The van der Waals surface area contributed by atoms with E-state index in [1.54, 1.807) is 37.3 Å². The minimum Gasteiger partial charge on any atom is -0.493 e. The number of aryl methyl sites for hydroxylation is 1. The third-order valence-corrected chi connectivity index (χ3v) is 4.62. The molecule has 0 amide bonds. The van der Waals surface area contributed by atoms with E-state index in [-0.39, 0.29) is 30.1 Å². The van der Waals surface area contributed by atoms with Crippen LogP contribution in [0.3, 0.4) is 0 Å². The topological polar surface area (TPSA) is 93.5 Å². The molecule has 2 aromatic rings. The van der Waals surface area contributed by atoms with Crippen LogP contribution in [0.15, 0.2) is 47.4 Å². The Bertz CT molecular complexity index is 900. The minimum atomic E-state index is -4.07. The molecule has 2 rings (SSSR count). The monoisotopic (exact) mass is 359 g/mol. The standard InChI is InChI=1S/C18H17NO5S/c1-14-6-7-16(12-19)18(10-14)25(21,22)24-13-15-4-2-5-17(11-15)23-9-3-8-20/h2,4-8,10-11H,3,9,13H2,1H3. The fourth-order valence-corrected chi connectivity index (χ4v) is 3.22. The molecule has 0 N–H and O–H groups in total. The molecule has 0 radical (unpaired) electrons. The van der Waals surface area contributed by atoms with Gasteiger partial charge in [-0.25, -0.2) is 0 Å². The molecule has 0 aliphatic carbocycles. The van der Waals surface area contributed by atoms with Crippen molar-refractivity contribution in [3.8, 4) is 11.8 Å². The van der Waals surface area contributed by atoms with Crippen LogP contribution in [0.5, 0.6) is 5.75 Å². The molecule has 0 bridgehead atoms. The quantitative estimate of drug-likeness (QED) is 0.409. The summed E-state index contributed by atoms with van der Waals surface area (Å²) in [4.78, 5) is 10.2. The summed E-state index contributed by atoms with van der Waals surface area (Å²) in [6.45, 7) is 1.80. The Morgan fingerprint density at radius 2 is 2.00 bits per heavy atom. The van der Waals surface area contributed by atoms with Gasteiger partial charge < -0.3 is 9.53 Å². The summed E-state index contributed by atoms with van der Waals surface area (Å²) in [5.74, 6) is 0.522. The Labute approximate surface area is 146 Å². The Hall–Kier alpha value is -2.69. The molecule has 0 aliphatic rings. The summed E-state index contributed by atoms with van der Waals surface area (Å²) >= 11 is 0. The van der Waals surface area contributed by atoms with Crippen LogP contribution in [-0.4, -0.2) is 21.3 Å². The molecule has 0 atom stereocenters. The van der Waals surface area contributed by atoms with Gasteiger partial charge in [0.2, 0.25) is 0 Å². The van der Waals surface area contributed by atoms with Gasteiger partial charge in [0.15, 0.2) is 0 Å². The third kappa shape index (κ3) is 5.14. The number of hydrogen-bond donors (Lipinski definition) is 0. The average molecular weight is 359 g/mol. The van der Waals surface area contributed by atoms with Crippen LogP contribution in [-0.2, 0) is 25.7 Å². The fraction of sp³-hybridized carbons (Fsp3) is 0.222. The van der Waals surface area contributed by atoms with Crippen molar-refractivity contribution in [1.29, 1.82) is 5.26 Å². The zero-order valence-electron chi connectivity index (χ0n) is 13.6. The van der Waals surface area contributed by atoms with Gasteiger partial charge in [-0.2, -0.15) is 13.7 Å². The normalized spacial score (nSPS) is 10.9. The lowest BCUT2D eigenvalue weighted by Gasteiger charge is -2.09. The van der Waals surface area contributed by atoms with Gasteiger partial charge in [0.1, 0.15) is 23.0 Å². The minimum absolute atomic E-state index is 0.0385. The third-order valence-electron chi connectivity index (χ3n) is 3.31. The van der Waals surface area contributed by atoms with Gasteiger partial charge in [0, 0.05) is 6.42 Å². The predicted molar refractivity (Wildman–Crippen MR) is 90.5 cm³/mol. The number of rotatable bonds is 8. The molecular formula is C18H17NO5S. The highest BCUT2D eigenvalue weighted by Gasteiger charge is 2.20. The lowest BCUT2D eigenvalue weighted by Crippen LogP contribution is -2.09. The molecule has 25 heavy (non-hydrogen) atoms. The summed E-state index contributed by atoms with van der Waals surface area (Å²) in [7, 11) is -4.07. The van der Waals surface area contributed by atoms with Crippen molar-refractivity contribution in [2.24, 2.45) is 0 Å². The number of ether oxygens (including phenoxy) is 1. The van der Waals surface area contributed by atoms with E-state index >= 15 is 0 Å². The fourth-order valence-electron chi connectivity index (χ4n) is 2.09. The van der Waals surface area contributed by atoms with Gasteiger partial charge in [-0.05, 0) is 42.3 Å². The van der Waals surface area contributed by atoms with Crippen LogP contribution in [0.1, 0.15) is 23.1 Å². The number of benzene rings is 2. The smallest absolute Gasteiger partial charge is 0.298 e. The van der Waals surface area contributed by atoms with Crippen molar-refractivity contribution >= 4 is 16.4 Å². The molecule has 2 aromatic carbocycles. The van der Waals surface area contributed by atoms with Crippen LogP contribution in [0.2, 0.25) is 0 Å². The van der Waals surface area contributed by atoms with E-state index in [4.69, 9.17) is 14.2 Å². The molecule has 0 aromatic heterocycles. The number of hydrogen-bond acceptors (Lipinski definition) is 6. The molecule has 0 heterocycles. The lowest BCUT2D eigenvalue weighted by atomic mass is 10.2. The van der Waals surface area contributed by atoms with Crippen molar-refractivity contribution in [1.82, 2.24) is 0 Å². The Morgan fingerprint density at radius 1 is 1.20 bits per heavy atom. The lowest BCUT2D eigenvalue weighted by molar-refractivity contribution is -0.108. The summed E-state index contributed by atoms with van der Waals surface area (Å²) in [5.41, 5.74) is 1.35. The van der Waals surface area contributed by atoms with Crippen molar-refractivity contribution in [3.63, 3.8) is 0 Å². The van der Waals surface area contributed by atoms with E-state index in [0.29, 0.717) is 16.9 Å². The molecule has 130 valence electrons. The summed E-state index contributed by atoms with van der Waals surface area (Å²) in [5, 5.41) is 9.09. The zero-order chi connectivity index (χ0) is 18.3. The van der Waals surface area contributed by atoms with Crippen molar-refractivity contribution in [2.75, 3.05) is 6.61 Å². The SMILES string of the molecule is Cc1ccc(C#N)c(S(=O)(=O)OCc2cccc(OCCC=O)c2)c1. The van der Waals surface area contributed by atoms with Crippen LogP contribution < -0.4 is 4.74 Å². The first kappa shape index (κ1) is 18.6.